The molecule has 1 aliphatic heterocycles. The van der Waals surface area contributed by atoms with Gasteiger partial charge in [0.15, 0.2) is 11.5 Å². The van der Waals surface area contributed by atoms with Crippen molar-refractivity contribution in [3.8, 4) is 11.5 Å². The molecule has 144 valence electrons. The van der Waals surface area contributed by atoms with Crippen molar-refractivity contribution >= 4 is 17.7 Å². The number of halogens is 3. The van der Waals surface area contributed by atoms with Gasteiger partial charge in [-0.05, 0) is 29.8 Å². The highest BCUT2D eigenvalue weighted by atomic mass is 32.2. The Kier molecular flexibility index (Phi) is 5.50. The van der Waals surface area contributed by atoms with E-state index in [1.165, 1.54) is 14.2 Å². The third-order valence-electron chi connectivity index (χ3n) is 4.15. The molecule has 1 unspecified atom stereocenters. The smallest absolute Gasteiger partial charge is 0.433 e. The molecule has 1 saturated heterocycles. The van der Waals surface area contributed by atoms with E-state index in [-0.39, 0.29) is 16.8 Å². The summed E-state index contributed by atoms with van der Waals surface area (Å²) in [6.07, 6.45) is -3.56. The Bertz CT molecular complexity index is 828. The summed E-state index contributed by atoms with van der Waals surface area (Å²) >= 11 is 1.57. The van der Waals surface area contributed by atoms with Gasteiger partial charge in [0.25, 0.3) is 5.91 Å². The zero-order valence-electron chi connectivity index (χ0n) is 14.6. The number of carbonyl (C=O) groups is 1. The number of alkyl halides is 3. The lowest BCUT2D eigenvalue weighted by molar-refractivity contribution is -0.141. The van der Waals surface area contributed by atoms with Gasteiger partial charge in [-0.2, -0.15) is 13.2 Å². The van der Waals surface area contributed by atoms with Crippen molar-refractivity contribution in [2.75, 3.05) is 26.5 Å². The van der Waals surface area contributed by atoms with Crippen LogP contribution < -0.4 is 9.47 Å². The molecule has 1 aromatic heterocycles. The van der Waals surface area contributed by atoms with E-state index in [1.54, 1.807) is 28.8 Å². The largest absolute Gasteiger partial charge is 0.493 e. The average Bonchev–Trinajstić information content (AvgIpc) is 3.16. The van der Waals surface area contributed by atoms with Gasteiger partial charge in [0.05, 0.1) is 19.8 Å². The Morgan fingerprint density at radius 1 is 1.19 bits per heavy atom. The Morgan fingerprint density at radius 3 is 2.52 bits per heavy atom. The summed E-state index contributed by atoms with van der Waals surface area (Å²) < 4.78 is 48.5. The molecule has 0 radical (unpaired) electrons. The van der Waals surface area contributed by atoms with Crippen LogP contribution in [0.2, 0.25) is 0 Å². The van der Waals surface area contributed by atoms with Gasteiger partial charge in [-0.3, -0.25) is 9.78 Å². The highest BCUT2D eigenvalue weighted by Crippen LogP contribution is 2.41. The lowest BCUT2D eigenvalue weighted by atomic mass is 10.1. The molecule has 9 heteroatoms. The van der Waals surface area contributed by atoms with Crippen LogP contribution in [0.25, 0.3) is 0 Å². The second-order valence-corrected chi connectivity index (χ2v) is 6.95. The Labute approximate surface area is 158 Å². The number of methoxy groups -OCH3 is 2. The van der Waals surface area contributed by atoms with E-state index in [9.17, 15) is 18.0 Å². The molecule has 0 spiro atoms. The van der Waals surface area contributed by atoms with Crippen molar-refractivity contribution in [2.45, 2.75) is 11.6 Å². The van der Waals surface area contributed by atoms with Crippen molar-refractivity contribution < 1.29 is 27.4 Å². The maximum Gasteiger partial charge on any atom is 0.433 e. The molecule has 0 aliphatic carbocycles. The fraction of sp³-hybridized carbons (Fsp3) is 0.333. The fourth-order valence-corrected chi connectivity index (χ4v) is 4.06. The second kappa shape index (κ2) is 7.67. The predicted octanol–water partition coefficient (Wildman–Crippen LogP) is 4.01. The van der Waals surface area contributed by atoms with Crippen LogP contribution in [0, 0.1) is 0 Å². The maximum atomic E-state index is 12.8. The number of hydrogen-bond acceptors (Lipinski definition) is 5. The summed E-state index contributed by atoms with van der Waals surface area (Å²) in [5, 5.41) is -0.264. The second-order valence-electron chi connectivity index (χ2n) is 5.77. The molecule has 1 aliphatic rings. The molecule has 0 saturated carbocycles. The standard InChI is InChI=1S/C18H17F3N2O3S/c1-25-13-5-3-11(9-14(13)26-2)17-23(7-8-27-17)16(24)12-4-6-15(22-10-12)18(19,20)21/h3-6,9-10,17H,7-8H2,1-2H3. The van der Waals surface area contributed by atoms with Crippen molar-refractivity contribution in [1.29, 1.82) is 0 Å². The lowest BCUT2D eigenvalue weighted by Crippen LogP contribution is -2.30. The van der Waals surface area contributed by atoms with Crippen LogP contribution >= 0.6 is 11.8 Å². The zero-order valence-corrected chi connectivity index (χ0v) is 15.4. The third kappa shape index (κ3) is 3.97. The highest BCUT2D eigenvalue weighted by Gasteiger charge is 2.34. The van der Waals surface area contributed by atoms with Gasteiger partial charge in [0.1, 0.15) is 11.1 Å². The number of nitrogens with zero attached hydrogens (tertiary/aromatic N) is 2. The van der Waals surface area contributed by atoms with Gasteiger partial charge in [0.2, 0.25) is 0 Å². The molecule has 1 atom stereocenters. The first-order valence-electron chi connectivity index (χ1n) is 8.03. The van der Waals surface area contributed by atoms with Crippen LogP contribution in [-0.2, 0) is 6.18 Å². The lowest BCUT2D eigenvalue weighted by Gasteiger charge is -2.25. The Hall–Kier alpha value is -2.42. The summed E-state index contributed by atoms with van der Waals surface area (Å²) in [6.45, 7) is 0.490. The molecule has 0 bridgehead atoms. The average molecular weight is 398 g/mol. The van der Waals surface area contributed by atoms with Gasteiger partial charge >= 0.3 is 6.18 Å². The number of thioether (sulfide) groups is 1. The number of ether oxygens (including phenoxy) is 2. The highest BCUT2D eigenvalue weighted by molar-refractivity contribution is 7.99. The van der Waals surface area contributed by atoms with Crippen molar-refractivity contribution in [3.63, 3.8) is 0 Å². The van der Waals surface area contributed by atoms with Crippen LogP contribution in [0.3, 0.4) is 0 Å². The van der Waals surface area contributed by atoms with Gasteiger partial charge in [-0.15, -0.1) is 11.8 Å². The predicted molar refractivity (Wildman–Crippen MR) is 95.0 cm³/mol. The van der Waals surface area contributed by atoms with Crippen LogP contribution in [0.4, 0.5) is 13.2 Å². The molecule has 1 aromatic carbocycles. The van der Waals surface area contributed by atoms with E-state index < -0.39 is 11.9 Å². The number of aromatic nitrogens is 1. The maximum absolute atomic E-state index is 12.8. The first-order valence-corrected chi connectivity index (χ1v) is 9.07. The molecule has 2 aromatic rings. The van der Waals surface area contributed by atoms with Crippen molar-refractivity contribution in [1.82, 2.24) is 9.88 Å². The molecule has 0 N–H and O–H groups in total. The topological polar surface area (TPSA) is 51.7 Å². The molecular formula is C18H17F3N2O3S. The van der Waals surface area contributed by atoms with Crippen molar-refractivity contribution in [3.05, 3.63) is 53.3 Å². The molecule has 2 heterocycles. The molecule has 5 nitrogen and oxygen atoms in total. The first-order chi connectivity index (χ1) is 12.8. The van der Waals surface area contributed by atoms with Crippen LogP contribution in [0.5, 0.6) is 11.5 Å². The number of carbonyl (C=O) groups excluding carboxylic acids is 1. The van der Waals surface area contributed by atoms with E-state index >= 15 is 0 Å². The molecule has 1 amide bonds. The Morgan fingerprint density at radius 2 is 1.93 bits per heavy atom. The van der Waals surface area contributed by atoms with Crippen LogP contribution in [0.15, 0.2) is 36.5 Å². The van der Waals surface area contributed by atoms with Gasteiger partial charge in [0, 0.05) is 18.5 Å². The Balaban J connectivity index is 1.85. The van der Waals surface area contributed by atoms with E-state index in [1.807, 2.05) is 6.07 Å². The van der Waals surface area contributed by atoms with Gasteiger partial charge in [-0.1, -0.05) is 6.07 Å². The van der Waals surface area contributed by atoms with E-state index in [0.717, 1.165) is 29.6 Å². The summed E-state index contributed by atoms with van der Waals surface area (Å²) in [4.78, 5) is 17.8. The SMILES string of the molecule is COc1ccc(C2SCCN2C(=O)c2ccc(C(F)(F)F)nc2)cc1OC. The minimum Gasteiger partial charge on any atom is -0.493 e. The minimum atomic E-state index is -4.53. The van der Waals surface area contributed by atoms with E-state index in [0.29, 0.717) is 18.0 Å². The van der Waals surface area contributed by atoms with E-state index in [4.69, 9.17) is 9.47 Å². The molecule has 1 fully saturated rings. The van der Waals surface area contributed by atoms with Crippen LogP contribution in [-0.4, -0.2) is 42.3 Å². The summed E-state index contributed by atoms with van der Waals surface area (Å²) in [7, 11) is 3.06. The minimum absolute atomic E-state index is 0.121. The van der Waals surface area contributed by atoms with Gasteiger partial charge in [-0.25, -0.2) is 0 Å². The number of pyridine rings is 1. The fourth-order valence-electron chi connectivity index (χ4n) is 2.81. The third-order valence-corrected chi connectivity index (χ3v) is 5.41. The molecular weight excluding hydrogens is 381 g/mol. The van der Waals surface area contributed by atoms with Gasteiger partial charge < -0.3 is 14.4 Å². The number of amides is 1. The van der Waals surface area contributed by atoms with Crippen molar-refractivity contribution in [2.24, 2.45) is 0 Å². The summed E-state index contributed by atoms with van der Waals surface area (Å²) in [5.41, 5.74) is -0.0503. The molecule has 27 heavy (non-hydrogen) atoms. The first kappa shape index (κ1) is 19.3. The molecule has 3 rings (SSSR count). The zero-order chi connectivity index (χ0) is 19.6. The summed E-state index contributed by atoms with van der Waals surface area (Å²) in [6, 6.07) is 7.38. The summed E-state index contributed by atoms with van der Waals surface area (Å²) in [5.74, 6) is 1.49. The number of benzene rings is 1. The van der Waals surface area contributed by atoms with E-state index in [2.05, 4.69) is 4.98 Å². The number of rotatable bonds is 4. The quantitative estimate of drug-likeness (QED) is 0.779. The normalized spacial score (nSPS) is 17.1. The number of hydrogen-bond donors (Lipinski definition) is 0. The van der Waals surface area contributed by atoms with Crippen LogP contribution in [0.1, 0.15) is 27.0 Å². The monoisotopic (exact) mass is 398 g/mol.